The molecule has 0 aliphatic rings. The normalized spacial score (nSPS) is 13.0. The molecule has 0 amide bonds. The second kappa shape index (κ2) is 15.4. The van der Waals surface area contributed by atoms with Gasteiger partial charge < -0.3 is 0 Å². The standard InChI is InChI=1S/C26H45Cl/c1-4-5-6-7-8-9-10-11-12-13-14-15-16-20-23-25(26(2,3)27)24-21-18-17-19-22-24/h17-19,21-22,25H,4-16,20,23H2,1-3H3. The van der Waals surface area contributed by atoms with Crippen molar-refractivity contribution in [3.05, 3.63) is 35.9 Å². The van der Waals surface area contributed by atoms with Gasteiger partial charge in [0.1, 0.15) is 0 Å². The molecule has 0 saturated heterocycles. The summed E-state index contributed by atoms with van der Waals surface area (Å²) in [6.07, 6.45) is 21.0. The first kappa shape index (κ1) is 24.5. The largest absolute Gasteiger partial charge is 0.119 e. The Bertz CT molecular complexity index is 431. The minimum Gasteiger partial charge on any atom is -0.119 e. The molecule has 0 aromatic heterocycles. The average molecular weight is 393 g/mol. The van der Waals surface area contributed by atoms with Crippen molar-refractivity contribution in [2.75, 3.05) is 0 Å². The first-order chi connectivity index (χ1) is 13.1. The minimum atomic E-state index is -0.169. The van der Waals surface area contributed by atoms with E-state index in [-0.39, 0.29) is 4.87 Å². The Hall–Kier alpha value is -0.490. The average Bonchev–Trinajstić information content (AvgIpc) is 2.64. The number of unbranched alkanes of at least 4 members (excludes halogenated alkanes) is 13. The van der Waals surface area contributed by atoms with Gasteiger partial charge in [-0.25, -0.2) is 0 Å². The summed E-state index contributed by atoms with van der Waals surface area (Å²) in [6.45, 7) is 6.62. The van der Waals surface area contributed by atoms with Crippen molar-refractivity contribution >= 4 is 11.6 Å². The maximum absolute atomic E-state index is 6.69. The van der Waals surface area contributed by atoms with Crippen LogP contribution in [-0.4, -0.2) is 4.87 Å². The van der Waals surface area contributed by atoms with Crippen molar-refractivity contribution < 1.29 is 0 Å². The molecular formula is C26H45Cl. The number of rotatable bonds is 17. The molecule has 0 fully saturated rings. The Labute approximate surface area is 175 Å². The summed E-state index contributed by atoms with van der Waals surface area (Å²) in [6, 6.07) is 10.8. The van der Waals surface area contributed by atoms with E-state index >= 15 is 0 Å². The van der Waals surface area contributed by atoms with Crippen LogP contribution in [0.25, 0.3) is 0 Å². The second-order valence-corrected chi connectivity index (χ2v) is 9.89. The molecule has 0 saturated carbocycles. The summed E-state index contributed by atoms with van der Waals surface area (Å²) < 4.78 is 0. The van der Waals surface area contributed by atoms with Gasteiger partial charge in [0.05, 0.1) is 0 Å². The smallest absolute Gasteiger partial charge is 0.0459 e. The number of benzene rings is 1. The molecule has 1 rings (SSSR count). The van der Waals surface area contributed by atoms with Crippen LogP contribution in [0.4, 0.5) is 0 Å². The van der Waals surface area contributed by atoms with Crippen LogP contribution in [0.5, 0.6) is 0 Å². The number of hydrogen-bond donors (Lipinski definition) is 0. The van der Waals surface area contributed by atoms with Crippen molar-refractivity contribution in [3.8, 4) is 0 Å². The maximum Gasteiger partial charge on any atom is 0.0459 e. The van der Waals surface area contributed by atoms with Gasteiger partial charge in [-0.1, -0.05) is 127 Å². The highest BCUT2D eigenvalue weighted by Crippen LogP contribution is 2.37. The van der Waals surface area contributed by atoms with Crippen LogP contribution in [0.1, 0.15) is 129 Å². The molecule has 1 atom stereocenters. The third kappa shape index (κ3) is 12.6. The van der Waals surface area contributed by atoms with Gasteiger partial charge in [0, 0.05) is 10.8 Å². The summed E-state index contributed by atoms with van der Waals surface area (Å²) in [5, 5.41) is 0. The topological polar surface area (TPSA) is 0 Å². The van der Waals surface area contributed by atoms with Gasteiger partial charge in [0.15, 0.2) is 0 Å². The predicted molar refractivity (Wildman–Crippen MR) is 124 cm³/mol. The fourth-order valence-electron chi connectivity index (χ4n) is 4.13. The summed E-state index contributed by atoms with van der Waals surface area (Å²) in [5.74, 6) is 0.456. The molecule has 1 aromatic rings. The van der Waals surface area contributed by atoms with Gasteiger partial charge in [-0.2, -0.15) is 0 Å². The Morgan fingerprint density at radius 3 is 1.48 bits per heavy atom. The fourth-order valence-corrected chi connectivity index (χ4v) is 4.37. The fraction of sp³-hybridized carbons (Fsp3) is 0.769. The van der Waals surface area contributed by atoms with Crippen molar-refractivity contribution in [1.29, 1.82) is 0 Å². The van der Waals surface area contributed by atoms with E-state index in [1.54, 1.807) is 0 Å². The lowest BCUT2D eigenvalue weighted by molar-refractivity contribution is 0.464. The summed E-state index contributed by atoms with van der Waals surface area (Å²) in [5.41, 5.74) is 1.40. The summed E-state index contributed by atoms with van der Waals surface area (Å²) >= 11 is 6.69. The van der Waals surface area contributed by atoms with Crippen LogP contribution in [0.15, 0.2) is 30.3 Å². The monoisotopic (exact) mass is 392 g/mol. The van der Waals surface area contributed by atoms with Crippen LogP contribution >= 0.6 is 11.6 Å². The summed E-state index contributed by atoms with van der Waals surface area (Å²) in [7, 11) is 0. The molecule has 1 heteroatoms. The number of alkyl halides is 1. The van der Waals surface area contributed by atoms with Crippen LogP contribution in [0.2, 0.25) is 0 Å². The van der Waals surface area contributed by atoms with Crippen molar-refractivity contribution in [1.82, 2.24) is 0 Å². The second-order valence-electron chi connectivity index (χ2n) is 8.91. The van der Waals surface area contributed by atoms with E-state index in [2.05, 4.69) is 51.1 Å². The molecule has 0 N–H and O–H groups in total. The van der Waals surface area contributed by atoms with E-state index in [0.29, 0.717) is 5.92 Å². The quantitative estimate of drug-likeness (QED) is 0.183. The van der Waals surface area contributed by atoms with E-state index in [4.69, 9.17) is 11.6 Å². The van der Waals surface area contributed by atoms with E-state index in [0.717, 1.165) is 0 Å². The van der Waals surface area contributed by atoms with Gasteiger partial charge in [-0.3, -0.25) is 0 Å². The highest BCUT2D eigenvalue weighted by Gasteiger charge is 2.27. The molecule has 0 nitrogen and oxygen atoms in total. The molecule has 0 radical (unpaired) electrons. The zero-order valence-corrected chi connectivity index (χ0v) is 19.2. The lowest BCUT2D eigenvalue weighted by Crippen LogP contribution is -2.22. The molecule has 0 aliphatic heterocycles. The zero-order chi connectivity index (χ0) is 19.8. The lowest BCUT2D eigenvalue weighted by Gasteiger charge is -2.29. The van der Waals surface area contributed by atoms with Crippen LogP contribution in [-0.2, 0) is 0 Å². The summed E-state index contributed by atoms with van der Waals surface area (Å²) in [4.78, 5) is -0.169. The van der Waals surface area contributed by atoms with Crippen LogP contribution in [0.3, 0.4) is 0 Å². The zero-order valence-electron chi connectivity index (χ0n) is 18.4. The van der Waals surface area contributed by atoms with E-state index in [1.807, 2.05) is 0 Å². The Balaban J connectivity index is 2.00. The third-order valence-electron chi connectivity index (χ3n) is 5.88. The molecule has 0 heterocycles. The van der Waals surface area contributed by atoms with Gasteiger partial charge in [-0.15, -0.1) is 11.6 Å². The molecular weight excluding hydrogens is 348 g/mol. The van der Waals surface area contributed by atoms with Gasteiger partial charge >= 0.3 is 0 Å². The van der Waals surface area contributed by atoms with Crippen molar-refractivity contribution in [2.45, 2.75) is 128 Å². The molecule has 27 heavy (non-hydrogen) atoms. The molecule has 0 bridgehead atoms. The highest BCUT2D eigenvalue weighted by atomic mass is 35.5. The van der Waals surface area contributed by atoms with Gasteiger partial charge in [-0.05, 0) is 25.8 Å². The van der Waals surface area contributed by atoms with Gasteiger partial charge in [0.2, 0.25) is 0 Å². The van der Waals surface area contributed by atoms with Crippen LogP contribution in [0, 0.1) is 0 Å². The lowest BCUT2D eigenvalue weighted by atomic mass is 9.83. The maximum atomic E-state index is 6.69. The van der Waals surface area contributed by atoms with Crippen molar-refractivity contribution in [2.24, 2.45) is 0 Å². The first-order valence-electron chi connectivity index (χ1n) is 11.8. The van der Waals surface area contributed by atoms with Gasteiger partial charge in [0.25, 0.3) is 0 Å². The van der Waals surface area contributed by atoms with E-state index < -0.39 is 0 Å². The predicted octanol–water partition coefficient (Wildman–Crippen LogP) is 9.66. The molecule has 0 spiro atoms. The van der Waals surface area contributed by atoms with E-state index in [1.165, 1.54) is 102 Å². The van der Waals surface area contributed by atoms with E-state index in [9.17, 15) is 0 Å². The Morgan fingerprint density at radius 1 is 0.667 bits per heavy atom. The minimum absolute atomic E-state index is 0.169. The molecule has 156 valence electrons. The number of hydrogen-bond acceptors (Lipinski definition) is 0. The number of halogens is 1. The Morgan fingerprint density at radius 2 is 1.07 bits per heavy atom. The van der Waals surface area contributed by atoms with Crippen LogP contribution < -0.4 is 0 Å². The highest BCUT2D eigenvalue weighted by molar-refractivity contribution is 6.24. The van der Waals surface area contributed by atoms with Crippen molar-refractivity contribution in [3.63, 3.8) is 0 Å². The third-order valence-corrected chi connectivity index (χ3v) is 6.14. The SMILES string of the molecule is CCCCCCCCCCCCCCCCC(c1ccccc1)C(C)(C)Cl. The Kier molecular flexibility index (Phi) is 14.0. The first-order valence-corrected chi connectivity index (χ1v) is 12.2. The molecule has 0 aliphatic carbocycles. The molecule has 1 unspecified atom stereocenters. The molecule has 1 aromatic carbocycles.